The summed E-state index contributed by atoms with van der Waals surface area (Å²) in [5, 5.41) is 3.08. The molecule has 1 atom stereocenters. The summed E-state index contributed by atoms with van der Waals surface area (Å²) in [7, 11) is 0. The van der Waals surface area contributed by atoms with E-state index < -0.39 is 0 Å². The quantitative estimate of drug-likeness (QED) is 0.724. The molecule has 0 heterocycles. The molecule has 1 N–H and O–H groups in total. The molecule has 17 heavy (non-hydrogen) atoms. The van der Waals surface area contributed by atoms with Gasteiger partial charge in [0.15, 0.2) is 0 Å². The normalized spacial score (nSPS) is 14.2. The van der Waals surface area contributed by atoms with Gasteiger partial charge < -0.3 is 5.32 Å². The predicted molar refractivity (Wildman–Crippen MR) is 74.9 cm³/mol. The lowest BCUT2D eigenvalue weighted by molar-refractivity contribution is -0.127. The highest BCUT2D eigenvalue weighted by atomic mass is 16.2. The molecule has 0 saturated heterocycles. The maximum absolute atomic E-state index is 12.2. The van der Waals surface area contributed by atoms with E-state index in [-0.39, 0.29) is 22.8 Å². The molecule has 1 amide bonds. The van der Waals surface area contributed by atoms with Crippen molar-refractivity contribution in [3.63, 3.8) is 0 Å². The monoisotopic (exact) mass is 239 g/mol. The van der Waals surface area contributed by atoms with Gasteiger partial charge in [-0.25, -0.2) is 0 Å². The zero-order valence-electron chi connectivity index (χ0n) is 12.4. The van der Waals surface area contributed by atoms with Gasteiger partial charge in [0.05, 0.1) is 0 Å². The predicted octanol–water partition coefficient (Wildman–Crippen LogP) is 3.92. The smallest absolute Gasteiger partial charge is 0.223 e. The van der Waals surface area contributed by atoms with E-state index in [4.69, 9.17) is 0 Å². The zero-order valence-corrected chi connectivity index (χ0v) is 12.4. The van der Waals surface area contributed by atoms with Gasteiger partial charge >= 0.3 is 0 Å². The van der Waals surface area contributed by atoms with Crippen LogP contribution in [0.2, 0.25) is 0 Å². The number of hydrogen-bond donors (Lipinski definition) is 1. The Morgan fingerprint density at radius 3 is 2.12 bits per heavy atom. The molecule has 0 radical (unpaired) electrons. The third-order valence-electron chi connectivity index (χ3n) is 2.45. The Hall–Kier alpha value is -0.790. The minimum Gasteiger partial charge on any atom is -0.351 e. The Morgan fingerprint density at radius 1 is 1.24 bits per heavy atom. The van der Waals surface area contributed by atoms with Gasteiger partial charge in [-0.15, -0.1) is 6.58 Å². The number of carbonyl (C=O) groups is 1. The van der Waals surface area contributed by atoms with E-state index in [0.717, 1.165) is 19.3 Å². The summed E-state index contributed by atoms with van der Waals surface area (Å²) >= 11 is 0. The van der Waals surface area contributed by atoms with E-state index in [0.29, 0.717) is 0 Å². The van der Waals surface area contributed by atoms with Crippen LogP contribution >= 0.6 is 0 Å². The Kier molecular flexibility index (Phi) is 5.94. The first-order chi connectivity index (χ1) is 7.55. The molecule has 0 fully saturated rings. The van der Waals surface area contributed by atoms with Crippen LogP contribution in [-0.2, 0) is 4.79 Å². The maximum Gasteiger partial charge on any atom is 0.223 e. The SMILES string of the molecule is C=CCCC(CC(C)(C)C)C(=O)NC(C)(C)C. The molecular formula is C15H29NO. The van der Waals surface area contributed by atoms with Gasteiger partial charge in [-0.2, -0.15) is 0 Å². The summed E-state index contributed by atoms with van der Waals surface area (Å²) < 4.78 is 0. The second-order valence-electron chi connectivity index (χ2n) is 7.07. The highest BCUT2D eigenvalue weighted by molar-refractivity contribution is 5.79. The third-order valence-corrected chi connectivity index (χ3v) is 2.45. The van der Waals surface area contributed by atoms with Crippen LogP contribution < -0.4 is 5.32 Å². The second kappa shape index (κ2) is 6.23. The largest absolute Gasteiger partial charge is 0.351 e. The number of carbonyl (C=O) groups excluding carboxylic acids is 1. The van der Waals surface area contributed by atoms with Crippen molar-refractivity contribution in [1.82, 2.24) is 5.32 Å². The molecule has 0 aliphatic heterocycles. The topological polar surface area (TPSA) is 29.1 Å². The lowest BCUT2D eigenvalue weighted by Crippen LogP contribution is -2.44. The second-order valence-corrected chi connectivity index (χ2v) is 7.07. The van der Waals surface area contributed by atoms with Crippen molar-refractivity contribution in [3.8, 4) is 0 Å². The summed E-state index contributed by atoms with van der Waals surface area (Å²) in [5.41, 5.74) is 0.0302. The van der Waals surface area contributed by atoms with Gasteiger partial charge in [0.25, 0.3) is 0 Å². The van der Waals surface area contributed by atoms with Gasteiger partial charge in [-0.05, 0) is 45.4 Å². The lowest BCUT2D eigenvalue weighted by atomic mass is 9.82. The number of allylic oxidation sites excluding steroid dienone is 1. The van der Waals surface area contributed by atoms with Crippen LogP contribution in [0.15, 0.2) is 12.7 Å². The van der Waals surface area contributed by atoms with Crippen molar-refractivity contribution < 1.29 is 4.79 Å². The van der Waals surface area contributed by atoms with E-state index in [2.05, 4.69) is 32.7 Å². The van der Waals surface area contributed by atoms with Crippen molar-refractivity contribution in [3.05, 3.63) is 12.7 Å². The fourth-order valence-corrected chi connectivity index (χ4v) is 1.86. The van der Waals surface area contributed by atoms with E-state index >= 15 is 0 Å². The average molecular weight is 239 g/mol. The number of rotatable bonds is 5. The van der Waals surface area contributed by atoms with Crippen LogP contribution in [0.1, 0.15) is 60.8 Å². The summed E-state index contributed by atoms with van der Waals surface area (Å²) in [5.74, 6) is 0.265. The fraction of sp³-hybridized carbons (Fsp3) is 0.800. The summed E-state index contributed by atoms with van der Waals surface area (Å²) in [6.45, 7) is 16.3. The molecule has 0 aromatic carbocycles. The summed E-state index contributed by atoms with van der Waals surface area (Å²) in [6, 6.07) is 0. The van der Waals surface area contributed by atoms with Gasteiger partial charge in [0, 0.05) is 11.5 Å². The van der Waals surface area contributed by atoms with Crippen LogP contribution in [0, 0.1) is 11.3 Å². The van der Waals surface area contributed by atoms with Crippen LogP contribution in [0.25, 0.3) is 0 Å². The maximum atomic E-state index is 12.2. The standard InChI is InChI=1S/C15H29NO/c1-8-9-10-12(11-14(2,3)4)13(17)16-15(5,6)7/h8,12H,1,9-11H2,2-7H3,(H,16,17). The van der Waals surface area contributed by atoms with Gasteiger partial charge in [-0.1, -0.05) is 26.8 Å². The van der Waals surface area contributed by atoms with Crippen molar-refractivity contribution in [1.29, 1.82) is 0 Å². The van der Waals surface area contributed by atoms with Crippen molar-refractivity contribution in [2.45, 2.75) is 66.3 Å². The molecule has 0 rings (SSSR count). The Balaban J connectivity index is 4.56. The summed E-state index contributed by atoms with van der Waals surface area (Å²) in [4.78, 5) is 12.2. The molecule has 2 nitrogen and oxygen atoms in total. The van der Waals surface area contributed by atoms with E-state index in [1.807, 2.05) is 26.8 Å². The molecule has 0 aliphatic carbocycles. The van der Waals surface area contributed by atoms with Crippen LogP contribution in [0.5, 0.6) is 0 Å². The molecule has 0 bridgehead atoms. The minimum absolute atomic E-state index is 0.0900. The summed E-state index contributed by atoms with van der Waals surface area (Å²) in [6.07, 6.45) is 4.60. The van der Waals surface area contributed by atoms with Crippen molar-refractivity contribution >= 4 is 5.91 Å². The molecular weight excluding hydrogens is 210 g/mol. The first-order valence-corrected chi connectivity index (χ1v) is 6.48. The number of hydrogen-bond acceptors (Lipinski definition) is 1. The first kappa shape index (κ1) is 16.2. The Morgan fingerprint density at radius 2 is 1.76 bits per heavy atom. The molecule has 0 saturated carbocycles. The van der Waals surface area contributed by atoms with Crippen molar-refractivity contribution in [2.75, 3.05) is 0 Å². The third kappa shape index (κ3) is 8.96. The van der Waals surface area contributed by atoms with E-state index in [1.54, 1.807) is 0 Å². The van der Waals surface area contributed by atoms with E-state index in [9.17, 15) is 4.79 Å². The lowest BCUT2D eigenvalue weighted by Gasteiger charge is -2.29. The van der Waals surface area contributed by atoms with Crippen LogP contribution in [-0.4, -0.2) is 11.4 Å². The molecule has 0 aromatic heterocycles. The highest BCUT2D eigenvalue weighted by Gasteiger charge is 2.26. The number of amides is 1. The van der Waals surface area contributed by atoms with Crippen LogP contribution in [0.3, 0.4) is 0 Å². The molecule has 0 aromatic rings. The van der Waals surface area contributed by atoms with Gasteiger partial charge in [0.2, 0.25) is 5.91 Å². The number of nitrogens with one attached hydrogen (secondary N) is 1. The Bertz CT molecular complexity index is 255. The highest BCUT2D eigenvalue weighted by Crippen LogP contribution is 2.27. The minimum atomic E-state index is -0.151. The van der Waals surface area contributed by atoms with Crippen molar-refractivity contribution in [2.24, 2.45) is 11.3 Å². The molecule has 2 heteroatoms. The van der Waals surface area contributed by atoms with Gasteiger partial charge in [-0.3, -0.25) is 4.79 Å². The molecule has 0 aliphatic rings. The molecule has 1 unspecified atom stereocenters. The average Bonchev–Trinajstić information content (AvgIpc) is 2.07. The van der Waals surface area contributed by atoms with E-state index in [1.165, 1.54) is 0 Å². The molecule has 0 spiro atoms. The molecule has 100 valence electrons. The van der Waals surface area contributed by atoms with Gasteiger partial charge in [0.1, 0.15) is 0 Å². The Labute approximate surface area is 107 Å². The first-order valence-electron chi connectivity index (χ1n) is 6.48. The fourth-order valence-electron chi connectivity index (χ4n) is 1.86. The van der Waals surface area contributed by atoms with Crippen LogP contribution in [0.4, 0.5) is 0 Å². The zero-order chi connectivity index (χ0) is 13.7.